The van der Waals surface area contributed by atoms with E-state index < -0.39 is 17.9 Å². The number of anilines is 1. The van der Waals surface area contributed by atoms with Gasteiger partial charge in [-0.15, -0.1) is 0 Å². The molecule has 0 unspecified atom stereocenters. The molecule has 1 saturated heterocycles. The normalized spacial score (nSPS) is 17.4. The van der Waals surface area contributed by atoms with Crippen molar-refractivity contribution in [2.75, 3.05) is 18.4 Å². The summed E-state index contributed by atoms with van der Waals surface area (Å²) in [6.45, 7) is 2.32. The lowest BCUT2D eigenvalue weighted by atomic mass is 9.99. The minimum absolute atomic E-state index is 0.0480. The fraction of sp³-hybridized carbons (Fsp3) is 0.556. The van der Waals surface area contributed by atoms with Gasteiger partial charge in [0.1, 0.15) is 6.04 Å². The summed E-state index contributed by atoms with van der Waals surface area (Å²) < 4.78 is 0. The van der Waals surface area contributed by atoms with E-state index in [0.29, 0.717) is 30.9 Å². The third kappa shape index (κ3) is 5.40. The number of nitrogens with zero attached hydrogens (tertiary/aromatic N) is 3. The molecule has 0 bridgehead atoms. The van der Waals surface area contributed by atoms with Gasteiger partial charge in [0.2, 0.25) is 18.2 Å². The molecule has 27 heavy (non-hydrogen) atoms. The van der Waals surface area contributed by atoms with E-state index in [4.69, 9.17) is 0 Å². The summed E-state index contributed by atoms with van der Waals surface area (Å²) >= 11 is 0. The molecule has 1 aromatic heterocycles. The van der Waals surface area contributed by atoms with Crippen molar-refractivity contribution in [2.24, 2.45) is 5.92 Å². The van der Waals surface area contributed by atoms with Crippen molar-refractivity contribution in [2.45, 2.75) is 45.1 Å². The Morgan fingerprint density at radius 3 is 2.96 bits per heavy atom. The molecule has 0 spiro atoms. The second-order valence-corrected chi connectivity index (χ2v) is 6.62. The molecule has 2 rings (SSSR count). The quantitative estimate of drug-likeness (QED) is 0.339. The SMILES string of the molecule is CCCC[C@H](CN(O)C=O)C(=O)N1CCC[C@H]1C(=O)Nc1ncccc1O. The molecule has 9 nitrogen and oxygen atoms in total. The predicted octanol–water partition coefficient (Wildman–Crippen LogP) is 1.37. The van der Waals surface area contributed by atoms with Gasteiger partial charge in [-0.3, -0.25) is 19.6 Å². The number of rotatable bonds is 9. The second-order valence-electron chi connectivity index (χ2n) is 6.62. The first-order chi connectivity index (χ1) is 13.0. The maximum atomic E-state index is 13.0. The van der Waals surface area contributed by atoms with E-state index >= 15 is 0 Å². The number of hydrogen-bond acceptors (Lipinski definition) is 6. The topological polar surface area (TPSA) is 123 Å². The molecular weight excluding hydrogens is 352 g/mol. The number of aromatic nitrogens is 1. The standard InChI is InChI=1S/C18H26N4O5/c1-2-3-6-13(11-21(27)12-23)18(26)22-10-5-7-14(22)17(25)20-16-15(24)8-4-9-19-16/h4,8-9,12-14,24,27H,2-3,5-7,10-11H2,1H3,(H,19,20,25)/t13-,14+/m1/s1. The van der Waals surface area contributed by atoms with Crippen LogP contribution in [0.1, 0.15) is 39.0 Å². The molecule has 0 aromatic carbocycles. The molecule has 0 aliphatic carbocycles. The van der Waals surface area contributed by atoms with Crippen LogP contribution in [-0.4, -0.2) is 62.6 Å². The van der Waals surface area contributed by atoms with Crippen molar-refractivity contribution >= 4 is 24.0 Å². The number of amides is 3. The third-order valence-electron chi connectivity index (χ3n) is 4.65. The minimum atomic E-state index is -0.675. The number of likely N-dealkylation sites (tertiary alicyclic amines) is 1. The summed E-state index contributed by atoms with van der Waals surface area (Å²) in [6.07, 6.45) is 5.06. The molecule has 1 fully saturated rings. The lowest BCUT2D eigenvalue weighted by Gasteiger charge is -2.29. The molecule has 2 heterocycles. The Morgan fingerprint density at radius 1 is 1.52 bits per heavy atom. The van der Waals surface area contributed by atoms with E-state index in [1.54, 1.807) is 6.07 Å². The van der Waals surface area contributed by atoms with Crippen molar-refractivity contribution in [3.05, 3.63) is 18.3 Å². The Bertz CT molecular complexity index is 669. The number of unbranched alkanes of at least 4 members (excludes halogenated alkanes) is 1. The van der Waals surface area contributed by atoms with Gasteiger partial charge in [-0.2, -0.15) is 0 Å². The van der Waals surface area contributed by atoms with Crippen LogP contribution in [0.3, 0.4) is 0 Å². The first-order valence-electron chi connectivity index (χ1n) is 9.14. The van der Waals surface area contributed by atoms with Crippen LogP contribution in [0.2, 0.25) is 0 Å². The lowest BCUT2D eigenvalue weighted by molar-refractivity contribution is -0.157. The van der Waals surface area contributed by atoms with Crippen molar-refractivity contribution in [1.82, 2.24) is 14.9 Å². The molecule has 3 amide bonds. The maximum Gasteiger partial charge on any atom is 0.248 e. The molecule has 1 aromatic rings. The van der Waals surface area contributed by atoms with Crippen LogP contribution < -0.4 is 5.32 Å². The van der Waals surface area contributed by atoms with Gasteiger partial charge >= 0.3 is 0 Å². The number of carbonyl (C=O) groups excluding carboxylic acids is 3. The molecule has 1 aliphatic heterocycles. The Hall–Kier alpha value is -2.68. The minimum Gasteiger partial charge on any atom is -0.504 e. The zero-order chi connectivity index (χ0) is 19.8. The molecule has 0 radical (unpaired) electrons. The third-order valence-corrected chi connectivity index (χ3v) is 4.65. The molecule has 9 heteroatoms. The average Bonchev–Trinajstić information content (AvgIpc) is 3.16. The summed E-state index contributed by atoms with van der Waals surface area (Å²) in [4.78, 5) is 41.7. The van der Waals surface area contributed by atoms with E-state index in [1.165, 1.54) is 17.2 Å². The van der Waals surface area contributed by atoms with Crippen molar-refractivity contribution in [3.63, 3.8) is 0 Å². The number of hydrogen-bond donors (Lipinski definition) is 3. The van der Waals surface area contributed by atoms with Gasteiger partial charge < -0.3 is 15.3 Å². The van der Waals surface area contributed by atoms with Gasteiger partial charge in [0.15, 0.2) is 11.6 Å². The van der Waals surface area contributed by atoms with Gasteiger partial charge in [-0.05, 0) is 31.4 Å². The summed E-state index contributed by atoms with van der Waals surface area (Å²) in [7, 11) is 0. The number of nitrogens with one attached hydrogen (secondary N) is 1. The van der Waals surface area contributed by atoms with E-state index in [9.17, 15) is 24.7 Å². The number of aromatic hydroxyl groups is 1. The van der Waals surface area contributed by atoms with Crippen LogP contribution in [0.15, 0.2) is 18.3 Å². The van der Waals surface area contributed by atoms with Crippen LogP contribution in [0.5, 0.6) is 5.75 Å². The van der Waals surface area contributed by atoms with Gasteiger partial charge in [0.25, 0.3) is 0 Å². The molecular formula is C18H26N4O5. The number of hydroxylamine groups is 2. The predicted molar refractivity (Wildman–Crippen MR) is 96.8 cm³/mol. The van der Waals surface area contributed by atoms with Crippen LogP contribution >= 0.6 is 0 Å². The van der Waals surface area contributed by atoms with E-state index in [0.717, 1.165) is 12.8 Å². The first kappa shape index (κ1) is 20.6. The van der Waals surface area contributed by atoms with E-state index in [-0.39, 0.29) is 30.4 Å². The second kappa shape index (κ2) is 9.86. The Balaban J connectivity index is 2.09. The van der Waals surface area contributed by atoms with E-state index in [1.807, 2.05) is 6.92 Å². The van der Waals surface area contributed by atoms with E-state index in [2.05, 4.69) is 10.3 Å². The van der Waals surface area contributed by atoms with Crippen LogP contribution in [0, 0.1) is 5.92 Å². The maximum absolute atomic E-state index is 13.0. The summed E-state index contributed by atoms with van der Waals surface area (Å²) in [5.74, 6) is -1.35. The smallest absolute Gasteiger partial charge is 0.248 e. The van der Waals surface area contributed by atoms with Gasteiger partial charge in [0, 0.05) is 12.7 Å². The summed E-state index contributed by atoms with van der Waals surface area (Å²) in [6, 6.07) is 2.28. The van der Waals surface area contributed by atoms with Gasteiger partial charge in [-0.25, -0.2) is 10.0 Å². The fourth-order valence-corrected chi connectivity index (χ4v) is 3.24. The summed E-state index contributed by atoms with van der Waals surface area (Å²) in [5.41, 5.74) is 0. The molecule has 2 atom stereocenters. The highest BCUT2D eigenvalue weighted by atomic mass is 16.5. The molecule has 148 valence electrons. The molecule has 1 aliphatic rings. The highest BCUT2D eigenvalue weighted by molar-refractivity contribution is 5.98. The Labute approximate surface area is 157 Å². The van der Waals surface area contributed by atoms with Crippen LogP contribution in [0.4, 0.5) is 5.82 Å². The highest BCUT2D eigenvalue weighted by Gasteiger charge is 2.37. The number of pyridine rings is 1. The Kier molecular flexibility index (Phi) is 7.54. The van der Waals surface area contributed by atoms with Crippen molar-refractivity contribution in [3.8, 4) is 5.75 Å². The zero-order valence-corrected chi connectivity index (χ0v) is 15.4. The number of carbonyl (C=O) groups is 3. The molecule has 0 saturated carbocycles. The highest BCUT2D eigenvalue weighted by Crippen LogP contribution is 2.25. The first-order valence-corrected chi connectivity index (χ1v) is 9.14. The lowest BCUT2D eigenvalue weighted by Crippen LogP contribution is -2.47. The molecule has 3 N–H and O–H groups in total. The fourth-order valence-electron chi connectivity index (χ4n) is 3.24. The van der Waals surface area contributed by atoms with Crippen molar-refractivity contribution < 1.29 is 24.7 Å². The monoisotopic (exact) mass is 378 g/mol. The van der Waals surface area contributed by atoms with Crippen LogP contribution in [-0.2, 0) is 14.4 Å². The largest absolute Gasteiger partial charge is 0.504 e. The average molecular weight is 378 g/mol. The van der Waals surface area contributed by atoms with Gasteiger partial charge in [0.05, 0.1) is 12.5 Å². The van der Waals surface area contributed by atoms with Crippen molar-refractivity contribution in [1.29, 1.82) is 0 Å². The van der Waals surface area contributed by atoms with Crippen LogP contribution in [0.25, 0.3) is 0 Å². The summed E-state index contributed by atoms with van der Waals surface area (Å²) in [5, 5.41) is 22.3. The Morgan fingerprint density at radius 2 is 2.30 bits per heavy atom. The zero-order valence-electron chi connectivity index (χ0n) is 15.4. The van der Waals surface area contributed by atoms with Gasteiger partial charge in [-0.1, -0.05) is 19.8 Å².